The number of hydrogen-bond acceptors (Lipinski definition) is 3. The first-order chi connectivity index (χ1) is 9.74. The molecule has 0 saturated carbocycles. The summed E-state index contributed by atoms with van der Waals surface area (Å²) in [6, 6.07) is 8.12. The molecule has 1 amide bonds. The number of nitrogens with one attached hydrogen (secondary N) is 2. The van der Waals surface area contributed by atoms with Crippen molar-refractivity contribution in [3.63, 3.8) is 0 Å². The van der Waals surface area contributed by atoms with E-state index in [1.807, 2.05) is 12.1 Å². The van der Waals surface area contributed by atoms with Gasteiger partial charge < -0.3 is 15.5 Å². The van der Waals surface area contributed by atoms with Crippen LogP contribution < -0.4 is 15.5 Å². The molecule has 0 spiro atoms. The molecule has 0 bridgehead atoms. The highest BCUT2D eigenvalue weighted by atomic mass is 16.1. The Balaban J connectivity index is 1.94. The summed E-state index contributed by atoms with van der Waals surface area (Å²) in [5.41, 5.74) is 2.09. The molecule has 2 N–H and O–H groups in total. The van der Waals surface area contributed by atoms with Crippen LogP contribution in [0.25, 0.3) is 0 Å². The molecule has 1 unspecified atom stereocenters. The molecule has 1 fully saturated rings. The molecule has 2 rings (SSSR count). The van der Waals surface area contributed by atoms with Crippen LogP contribution >= 0.6 is 0 Å². The summed E-state index contributed by atoms with van der Waals surface area (Å²) in [4.78, 5) is 14.4. The van der Waals surface area contributed by atoms with Crippen LogP contribution in [0.2, 0.25) is 0 Å². The third-order valence-electron chi connectivity index (χ3n) is 3.93. The molecule has 1 aliphatic rings. The first-order valence-electron chi connectivity index (χ1n) is 7.61. The van der Waals surface area contributed by atoms with Gasteiger partial charge in [-0.3, -0.25) is 4.79 Å². The van der Waals surface area contributed by atoms with Gasteiger partial charge in [-0.1, -0.05) is 0 Å². The van der Waals surface area contributed by atoms with E-state index in [0.29, 0.717) is 0 Å². The summed E-state index contributed by atoms with van der Waals surface area (Å²) >= 11 is 0. The van der Waals surface area contributed by atoms with Crippen molar-refractivity contribution in [2.24, 2.45) is 5.92 Å². The van der Waals surface area contributed by atoms with Crippen LogP contribution in [0.15, 0.2) is 24.3 Å². The van der Waals surface area contributed by atoms with E-state index < -0.39 is 0 Å². The van der Waals surface area contributed by atoms with E-state index in [1.165, 1.54) is 5.69 Å². The van der Waals surface area contributed by atoms with E-state index >= 15 is 0 Å². The third-order valence-corrected chi connectivity index (χ3v) is 3.93. The largest absolute Gasteiger partial charge is 0.372 e. The zero-order valence-corrected chi connectivity index (χ0v) is 12.5. The Kier molecular flexibility index (Phi) is 5.41. The number of rotatable bonds is 5. The van der Waals surface area contributed by atoms with E-state index in [2.05, 4.69) is 41.5 Å². The fraction of sp³-hybridized carbons (Fsp3) is 0.562. The Labute approximate surface area is 121 Å². The molecule has 0 aliphatic carbocycles. The first kappa shape index (κ1) is 14.9. The quantitative estimate of drug-likeness (QED) is 0.867. The normalized spacial score (nSPS) is 18.6. The number of benzene rings is 1. The van der Waals surface area contributed by atoms with Gasteiger partial charge in [0, 0.05) is 31.0 Å². The molecule has 20 heavy (non-hydrogen) atoms. The van der Waals surface area contributed by atoms with Crippen molar-refractivity contribution in [3.05, 3.63) is 24.3 Å². The molecule has 1 aromatic rings. The lowest BCUT2D eigenvalue weighted by molar-refractivity contribution is -0.120. The summed E-state index contributed by atoms with van der Waals surface area (Å²) in [7, 11) is 0. The van der Waals surface area contributed by atoms with E-state index in [4.69, 9.17) is 0 Å². The average molecular weight is 275 g/mol. The molecule has 1 aliphatic heterocycles. The topological polar surface area (TPSA) is 44.4 Å². The highest BCUT2D eigenvalue weighted by Crippen LogP contribution is 2.19. The summed E-state index contributed by atoms with van der Waals surface area (Å²) < 4.78 is 0. The number of nitrogens with zero attached hydrogens (tertiary/aromatic N) is 1. The fourth-order valence-electron chi connectivity index (χ4n) is 2.66. The Bertz CT molecular complexity index is 420. The fourth-order valence-corrected chi connectivity index (χ4v) is 2.66. The SMILES string of the molecule is CCN(CC)c1ccc(NC(=O)C2CCCNC2)cc1. The molecular formula is C16H25N3O. The second-order valence-electron chi connectivity index (χ2n) is 5.25. The van der Waals surface area contributed by atoms with Gasteiger partial charge in [-0.25, -0.2) is 0 Å². The van der Waals surface area contributed by atoms with Crippen molar-refractivity contribution >= 4 is 17.3 Å². The predicted octanol–water partition coefficient (Wildman–Crippen LogP) is 2.47. The van der Waals surface area contributed by atoms with Crippen molar-refractivity contribution in [1.82, 2.24) is 5.32 Å². The maximum absolute atomic E-state index is 12.1. The van der Waals surface area contributed by atoms with Gasteiger partial charge in [0.15, 0.2) is 0 Å². The molecule has 0 aromatic heterocycles. The molecule has 1 heterocycles. The second-order valence-corrected chi connectivity index (χ2v) is 5.25. The maximum atomic E-state index is 12.1. The van der Waals surface area contributed by atoms with Gasteiger partial charge in [0.25, 0.3) is 0 Å². The zero-order chi connectivity index (χ0) is 14.4. The maximum Gasteiger partial charge on any atom is 0.228 e. The lowest BCUT2D eigenvalue weighted by Crippen LogP contribution is -2.37. The van der Waals surface area contributed by atoms with Gasteiger partial charge in [-0.2, -0.15) is 0 Å². The van der Waals surface area contributed by atoms with Gasteiger partial charge in [0.2, 0.25) is 5.91 Å². The standard InChI is InChI=1S/C16H25N3O/c1-3-19(4-2)15-9-7-14(8-10-15)18-16(20)13-6-5-11-17-12-13/h7-10,13,17H,3-6,11-12H2,1-2H3,(H,18,20). The number of hydrogen-bond donors (Lipinski definition) is 2. The van der Waals surface area contributed by atoms with Crippen LogP contribution in [0.4, 0.5) is 11.4 Å². The van der Waals surface area contributed by atoms with Crippen LogP contribution in [0.3, 0.4) is 0 Å². The number of amides is 1. The van der Waals surface area contributed by atoms with Crippen LogP contribution in [-0.4, -0.2) is 32.1 Å². The van der Waals surface area contributed by atoms with E-state index in [-0.39, 0.29) is 11.8 Å². The van der Waals surface area contributed by atoms with Gasteiger partial charge in [-0.05, 0) is 57.5 Å². The highest BCUT2D eigenvalue weighted by molar-refractivity contribution is 5.92. The summed E-state index contributed by atoms with van der Waals surface area (Å²) in [5, 5.41) is 6.29. The lowest BCUT2D eigenvalue weighted by Gasteiger charge is -2.23. The molecule has 1 atom stereocenters. The van der Waals surface area contributed by atoms with Crippen LogP contribution in [-0.2, 0) is 4.79 Å². The van der Waals surface area contributed by atoms with Crippen LogP contribution in [0.1, 0.15) is 26.7 Å². The van der Waals surface area contributed by atoms with E-state index in [0.717, 1.165) is 44.7 Å². The predicted molar refractivity (Wildman–Crippen MR) is 84.2 cm³/mol. The molecule has 1 saturated heterocycles. The Morgan fingerprint density at radius 3 is 2.55 bits per heavy atom. The zero-order valence-electron chi connectivity index (χ0n) is 12.5. The summed E-state index contributed by atoms with van der Waals surface area (Å²) in [6.07, 6.45) is 2.06. The van der Waals surface area contributed by atoms with Crippen molar-refractivity contribution < 1.29 is 4.79 Å². The Morgan fingerprint density at radius 1 is 1.30 bits per heavy atom. The minimum atomic E-state index is 0.103. The monoisotopic (exact) mass is 275 g/mol. The van der Waals surface area contributed by atoms with Crippen molar-refractivity contribution in [2.75, 3.05) is 36.4 Å². The third kappa shape index (κ3) is 3.73. The molecule has 110 valence electrons. The number of piperidine rings is 1. The molecule has 0 radical (unpaired) electrons. The number of anilines is 2. The number of carbonyl (C=O) groups is 1. The Morgan fingerprint density at radius 2 is 2.00 bits per heavy atom. The summed E-state index contributed by atoms with van der Waals surface area (Å²) in [5.74, 6) is 0.235. The average Bonchev–Trinajstić information content (AvgIpc) is 2.51. The van der Waals surface area contributed by atoms with Gasteiger partial charge >= 0.3 is 0 Å². The van der Waals surface area contributed by atoms with E-state index in [1.54, 1.807) is 0 Å². The van der Waals surface area contributed by atoms with Crippen LogP contribution in [0, 0.1) is 5.92 Å². The second kappa shape index (κ2) is 7.29. The van der Waals surface area contributed by atoms with Crippen molar-refractivity contribution in [1.29, 1.82) is 0 Å². The highest BCUT2D eigenvalue weighted by Gasteiger charge is 2.20. The van der Waals surface area contributed by atoms with E-state index in [9.17, 15) is 4.79 Å². The molecule has 4 nitrogen and oxygen atoms in total. The minimum absolute atomic E-state index is 0.103. The smallest absolute Gasteiger partial charge is 0.228 e. The van der Waals surface area contributed by atoms with Gasteiger partial charge in [0.05, 0.1) is 5.92 Å². The molecule has 1 aromatic carbocycles. The van der Waals surface area contributed by atoms with Crippen molar-refractivity contribution in [2.45, 2.75) is 26.7 Å². The minimum Gasteiger partial charge on any atom is -0.372 e. The summed E-state index contributed by atoms with van der Waals surface area (Å²) in [6.45, 7) is 8.11. The van der Waals surface area contributed by atoms with Gasteiger partial charge in [0.1, 0.15) is 0 Å². The molecule has 4 heteroatoms. The van der Waals surface area contributed by atoms with Gasteiger partial charge in [-0.15, -0.1) is 0 Å². The first-order valence-corrected chi connectivity index (χ1v) is 7.61. The van der Waals surface area contributed by atoms with Crippen LogP contribution in [0.5, 0.6) is 0 Å². The number of carbonyl (C=O) groups excluding carboxylic acids is 1. The lowest BCUT2D eigenvalue weighted by atomic mass is 9.99. The Hall–Kier alpha value is -1.55. The molecular weight excluding hydrogens is 250 g/mol. The van der Waals surface area contributed by atoms with Crippen molar-refractivity contribution in [3.8, 4) is 0 Å².